The molecule has 3 rings (SSSR count). The van der Waals surface area contributed by atoms with Gasteiger partial charge in [-0.15, -0.1) is 0 Å². The maximum atomic E-state index is 12.2. The third-order valence-electron chi connectivity index (χ3n) is 3.75. The van der Waals surface area contributed by atoms with E-state index in [1.54, 1.807) is 0 Å². The highest BCUT2D eigenvalue weighted by molar-refractivity contribution is 6.04. The van der Waals surface area contributed by atoms with E-state index in [1.165, 1.54) is 0 Å². The highest BCUT2D eigenvalue weighted by Gasteiger charge is 2.06. The van der Waals surface area contributed by atoms with Crippen LogP contribution in [0.15, 0.2) is 72.8 Å². The molecule has 3 aromatic rings. The molecular formula is C21H19NO2. The lowest BCUT2D eigenvalue weighted by molar-refractivity contribution is 0.102. The van der Waals surface area contributed by atoms with Crippen molar-refractivity contribution < 1.29 is 9.53 Å². The Kier molecular flexibility index (Phi) is 4.62. The molecule has 0 aliphatic carbocycles. The van der Waals surface area contributed by atoms with Gasteiger partial charge in [0.2, 0.25) is 0 Å². The van der Waals surface area contributed by atoms with Crippen LogP contribution in [0, 0.1) is 13.8 Å². The van der Waals surface area contributed by atoms with Gasteiger partial charge in [0, 0.05) is 11.3 Å². The van der Waals surface area contributed by atoms with Crippen LogP contribution in [0.5, 0.6) is 11.5 Å². The summed E-state index contributed by atoms with van der Waals surface area (Å²) in [7, 11) is 0. The zero-order valence-electron chi connectivity index (χ0n) is 13.7. The van der Waals surface area contributed by atoms with Gasteiger partial charge < -0.3 is 10.1 Å². The zero-order chi connectivity index (χ0) is 16.9. The van der Waals surface area contributed by atoms with Crippen LogP contribution in [-0.4, -0.2) is 5.91 Å². The van der Waals surface area contributed by atoms with Crippen LogP contribution in [0.25, 0.3) is 0 Å². The molecule has 1 amide bonds. The number of anilines is 1. The highest BCUT2D eigenvalue weighted by Crippen LogP contribution is 2.25. The molecule has 3 nitrogen and oxygen atoms in total. The van der Waals surface area contributed by atoms with E-state index in [2.05, 4.69) is 5.32 Å². The van der Waals surface area contributed by atoms with Gasteiger partial charge in [-0.3, -0.25) is 4.79 Å². The van der Waals surface area contributed by atoms with Crippen LogP contribution in [0.4, 0.5) is 5.69 Å². The molecule has 0 heterocycles. The van der Waals surface area contributed by atoms with Gasteiger partial charge >= 0.3 is 0 Å². The third kappa shape index (κ3) is 3.82. The Morgan fingerprint density at radius 1 is 0.833 bits per heavy atom. The Balaban J connectivity index is 1.67. The molecule has 0 radical (unpaired) electrons. The van der Waals surface area contributed by atoms with Crippen molar-refractivity contribution in [2.24, 2.45) is 0 Å². The number of para-hydroxylation sites is 1. The molecule has 24 heavy (non-hydrogen) atoms. The Bertz CT molecular complexity index is 836. The van der Waals surface area contributed by atoms with E-state index in [0.717, 1.165) is 28.3 Å². The third-order valence-corrected chi connectivity index (χ3v) is 3.75. The van der Waals surface area contributed by atoms with Gasteiger partial charge in [0.1, 0.15) is 11.5 Å². The summed E-state index contributed by atoms with van der Waals surface area (Å²) in [4.78, 5) is 12.2. The molecule has 0 aromatic heterocycles. The first-order valence-corrected chi connectivity index (χ1v) is 7.83. The van der Waals surface area contributed by atoms with Gasteiger partial charge in [0.05, 0.1) is 0 Å². The molecule has 0 saturated heterocycles. The first-order chi connectivity index (χ1) is 11.6. The second-order valence-electron chi connectivity index (χ2n) is 5.71. The number of carbonyl (C=O) groups excluding carboxylic acids is 1. The quantitative estimate of drug-likeness (QED) is 0.704. The summed E-state index contributed by atoms with van der Waals surface area (Å²) in [6, 6.07) is 22.7. The predicted octanol–water partition coefficient (Wildman–Crippen LogP) is 5.35. The van der Waals surface area contributed by atoms with E-state index in [4.69, 9.17) is 4.74 Å². The van der Waals surface area contributed by atoms with Crippen LogP contribution in [-0.2, 0) is 0 Å². The first-order valence-electron chi connectivity index (χ1n) is 7.83. The number of amides is 1. The smallest absolute Gasteiger partial charge is 0.255 e. The standard InChI is InChI=1S/C21H19NO2/c1-15-7-9-17(10-8-15)21(23)22-18-11-13-19(14-12-18)24-20-6-4-3-5-16(20)2/h3-14H,1-2H3,(H,22,23). The summed E-state index contributed by atoms with van der Waals surface area (Å²) >= 11 is 0. The number of nitrogens with one attached hydrogen (secondary N) is 1. The first kappa shape index (κ1) is 15.8. The van der Waals surface area contributed by atoms with Crippen molar-refractivity contribution in [2.75, 3.05) is 5.32 Å². The fourth-order valence-electron chi connectivity index (χ4n) is 2.31. The van der Waals surface area contributed by atoms with Gasteiger partial charge in [-0.05, 0) is 61.9 Å². The van der Waals surface area contributed by atoms with Crippen molar-refractivity contribution in [1.82, 2.24) is 0 Å². The Hall–Kier alpha value is -3.07. The van der Waals surface area contributed by atoms with Crippen molar-refractivity contribution in [2.45, 2.75) is 13.8 Å². The second kappa shape index (κ2) is 7.01. The second-order valence-corrected chi connectivity index (χ2v) is 5.71. The molecule has 0 bridgehead atoms. The fourth-order valence-corrected chi connectivity index (χ4v) is 2.31. The van der Waals surface area contributed by atoms with E-state index < -0.39 is 0 Å². The van der Waals surface area contributed by atoms with Gasteiger partial charge in [-0.2, -0.15) is 0 Å². The average Bonchev–Trinajstić information content (AvgIpc) is 2.59. The molecule has 0 unspecified atom stereocenters. The minimum atomic E-state index is -0.123. The fraction of sp³-hybridized carbons (Fsp3) is 0.0952. The summed E-state index contributed by atoms with van der Waals surface area (Å²) in [5.74, 6) is 1.44. The number of benzene rings is 3. The van der Waals surface area contributed by atoms with Crippen LogP contribution < -0.4 is 10.1 Å². The van der Waals surface area contributed by atoms with Crippen LogP contribution in [0.2, 0.25) is 0 Å². The molecule has 3 aromatic carbocycles. The lowest BCUT2D eigenvalue weighted by Crippen LogP contribution is -2.11. The monoisotopic (exact) mass is 317 g/mol. The van der Waals surface area contributed by atoms with E-state index in [9.17, 15) is 4.79 Å². The molecule has 0 spiro atoms. The van der Waals surface area contributed by atoms with Gasteiger partial charge in [-0.25, -0.2) is 0 Å². The molecule has 120 valence electrons. The summed E-state index contributed by atoms with van der Waals surface area (Å²) < 4.78 is 5.85. The van der Waals surface area contributed by atoms with Crippen molar-refractivity contribution in [3.63, 3.8) is 0 Å². The van der Waals surface area contributed by atoms with E-state index in [1.807, 2.05) is 86.6 Å². The topological polar surface area (TPSA) is 38.3 Å². The summed E-state index contributed by atoms with van der Waals surface area (Å²) in [5.41, 5.74) is 3.58. The molecule has 0 saturated carbocycles. The zero-order valence-corrected chi connectivity index (χ0v) is 13.7. The molecule has 0 aliphatic rings. The number of carbonyl (C=O) groups is 1. The van der Waals surface area contributed by atoms with Gasteiger partial charge in [0.25, 0.3) is 5.91 Å². The SMILES string of the molecule is Cc1ccc(C(=O)Nc2ccc(Oc3ccccc3C)cc2)cc1. The van der Waals surface area contributed by atoms with Crippen LogP contribution >= 0.6 is 0 Å². The largest absolute Gasteiger partial charge is 0.457 e. The number of ether oxygens (including phenoxy) is 1. The number of aryl methyl sites for hydroxylation is 2. The van der Waals surface area contributed by atoms with Crippen molar-refractivity contribution in [3.8, 4) is 11.5 Å². The molecule has 3 heteroatoms. The van der Waals surface area contributed by atoms with Crippen molar-refractivity contribution in [1.29, 1.82) is 0 Å². The van der Waals surface area contributed by atoms with Gasteiger partial charge in [-0.1, -0.05) is 35.9 Å². The summed E-state index contributed by atoms with van der Waals surface area (Å²) in [5, 5.41) is 2.89. The molecular weight excluding hydrogens is 298 g/mol. The molecule has 0 aliphatic heterocycles. The maximum absolute atomic E-state index is 12.2. The van der Waals surface area contributed by atoms with Crippen LogP contribution in [0.3, 0.4) is 0 Å². The summed E-state index contributed by atoms with van der Waals surface area (Å²) in [6.07, 6.45) is 0. The lowest BCUT2D eigenvalue weighted by atomic mass is 10.1. The average molecular weight is 317 g/mol. The summed E-state index contributed by atoms with van der Waals surface area (Å²) in [6.45, 7) is 4.00. The van der Waals surface area contributed by atoms with Gasteiger partial charge in [0.15, 0.2) is 0 Å². The Labute approximate surface area is 141 Å². The minimum Gasteiger partial charge on any atom is -0.457 e. The highest BCUT2D eigenvalue weighted by atomic mass is 16.5. The number of rotatable bonds is 4. The van der Waals surface area contributed by atoms with Crippen molar-refractivity contribution >= 4 is 11.6 Å². The van der Waals surface area contributed by atoms with E-state index in [-0.39, 0.29) is 5.91 Å². The predicted molar refractivity (Wildman–Crippen MR) is 96.8 cm³/mol. The normalized spacial score (nSPS) is 10.2. The number of hydrogen-bond donors (Lipinski definition) is 1. The molecule has 1 N–H and O–H groups in total. The van der Waals surface area contributed by atoms with Crippen LogP contribution in [0.1, 0.15) is 21.5 Å². The van der Waals surface area contributed by atoms with Crippen molar-refractivity contribution in [3.05, 3.63) is 89.5 Å². The Morgan fingerprint density at radius 3 is 2.17 bits per heavy atom. The lowest BCUT2D eigenvalue weighted by Gasteiger charge is -2.10. The number of hydrogen-bond acceptors (Lipinski definition) is 2. The van der Waals surface area contributed by atoms with E-state index >= 15 is 0 Å². The Morgan fingerprint density at radius 2 is 1.50 bits per heavy atom. The maximum Gasteiger partial charge on any atom is 0.255 e. The minimum absolute atomic E-state index is 0.123. The van der Waals surface area contributed by atoms with E-state index in [0.29, 0.717) is 5.56 Å². The molecule has 0 fully saturated rings. The molecule has 0 atom stereocenters.